The smallest absolute Gasteiger partial charge is 0.338 e. The van der Waals surface area contributed by atoms with Gasteiger partial charge in [-0.3, -0.25) is 9.36 Å². The van der Waals surface area contributed by atoms with Gasteiger partial charge in [-0.2, -0.15) is 0 Å². The number of methoxy groups -OCH3 is 1. The second kappa shape index (κ2) is 9.42. The Kier molecular flexibility index (Phi) is 6.17. The van der Waals surface area contributed by atoms with Gasteiger partial charge in [0.25, 0.3) is 5.56 Å². The average molecular weight is 493 g/mol. The maximum absolute atomic E-state index is 13.7. The quantitative estimate of drug-likeness (QED) is 0.492. The van der Waals surface area contributed by atoms with E-state index in [1.165, 1.54) is 18.4 Å². The van der Waals surface area contributed by atoms with Gasteiger partial charge < -0.3 is 18.9 Å². The van der Waals surface area contributed by atoms with Crippen molar-refractivity contribution in [2.75, 3.05) is 20.5 Å². The molecule has 2 aliphatic rings. The van der Waals surface area contributed by atoms with Gasteiger partial charge in [0.1, 0.15) is 11.8 Å². The minimum absolute atomic E-state index is 0.177. The monoisotopic (exact) mass is 492 g/mol. The lowest BCUT2D eigenvalue weighted by molar-refractivity contribution is -0.136. The average Bonchev–Trinajstić information content (AvgIpc) is 3.45. The van der Waals surface area contributed by atoms with Gasteiger partial charge in [-0.25, -0.2) is 9.79 Å². The van der Waals surface area contributed by atoms with Crippen molar-refractivity contribution in [2.24, 2.45) is 4.99 Å². The molecule has 9 heteroatoms. The van der Waals surface area contributed by atoms with Crippen LogP contribution >= 0.6 is 11.3 Å². The third kappa shape index (κ3) is 4.12. The third-order valence-corrected chi connectivity index (χ3v) is 6.78. The number of aromatic nitrogens is 1. The Labute approximate surface area is 205 Å². The first-order valence-corrected chi connectivity index (χ1v) is 12.1. The normalized spacial score (nSPS) is 16.7. The molecule has 0 spiro atoms. The zero-order chi connectivity index (χ0) is 24.5. The van der Waals surface area contributed by atoms with Crippen molar-refractivity contribution in [3.63, 3.8) is 0 Å². The van der Waals surface area contributed by atoms with E-state index in [2.05, 4.69) is 4.99 Å². The molecule has 3 heterocycles. The fourth-order valence-electron chi connectivity index (χ4n) is 4.19. The molecular formula is C26H24N2O6S. The summed E-state index contributed by atoms with van der Waals surface area (Å²) in [5, 5.41) is 0. The molecule has 8 nitrogen and oxygen atoms in total. The van der Waals surface area contributed by atoms with E-state index < -0.39 is 12.0 Å². The summed E-state index contributed by atoms with van der Waals surface area (Å²) < 4.78 is 24.0. The molecule has 2 aromatic carbocycles. The summed E-state index contributed by atoms with van der Waals surface area (Å²) in [7, 11) is 1.32. The Balaban J connectivity index is 1.70. The van der Waals surface area contributed by atoms with E-state index in [0.29, 0.717) is 50.0 Å². The highest BCUT2D eigenvalue weighted by Gasteiger charge is 2.34. The van der Waals surface area contributed by atoms with Crippen LogP contribution in [0.4, 0.5) is 0 Å². The standard InChI is InChI=1S/C26H24N2O6S/c1-4-11-32-18-8-6-5-7-17(18)23-22(25(30)31-3)15(2)27-26-28(23)24(29)21(35-26)13-16-9-10-19-20(12-16)34-14-33-19/h5-10,12-13,23H,4,11,14H2,1-3H3/b21-13-/t23-/m1/s1. The topological polar surface area (TPSA) is 88.4 Å². The van der Waals surface area contributed by atoms with E-state index in [1.54, 1.807) is 17.6 Å². The molecule has 2 aliphatic heterocycles. The maximum atomic E-state index is 13.7. The zero-order valence-electron chi connectivity index (χ0n) is 19.6. The number of fused-ring (bicyclic) bond motifs is 2. The highest BCUT2D eigenvalue weighted by Crippen LogP contribution is 2.36. The van der Waals surface area contributed by atoms with Crippen LogP contribution < -0.4 is 29.1 Å². The van der Waals surface area contributed by atoms with Crippen LogP contribution in [0, 0.1) is 0 Å². The Morgan fingerprint density at radius 2 is 2.03 bits per heavy atom. The van der Waals surface area contributed by atoms with Crippen molar-refractivity contribution < 1.29 is 23.7 Å². The lowest BCUT2D eigenvalue weighted by Gasteiger charge is -2.26. The number of ether oxygens (including phenoxy) is 4. The molecule has 0 saturated carbocycles. The molecule has 1 aromatic heterocycles. The molecule has 0 amide bonds. The van der Waals surface area contributed by atoms with E-state index in [9.17, 15) is 9.59 Å². The largest absolute Gasteiger partial charge is 0.493 e. The molecule has 0 bridgehead atoms. The summed E-state index contributed by atoms with van der Waals surface area (Å²) in [6, 6.07) is 12.2. The summed E-state index contributed by atoms with van der Waals surface area (Å²) in [6.07, 6.45) is 2.62. The molecule has 0 aliphatic carbocycles. The van der Waals surface area contributed by atoms with E-state index in [4.69, 9.17) is 18.9 Å². The van der Waals surface area contributed by atoms with Crippen LogP contribution in [0.2, 0.25) is 0 Å². The minimum Gasteiger partial charge on any atom is -0.493 e. The molecule has 0 radical (unpaired) electrons. The number of hydrogen-bond acceptors (Lipinski definition) is 8. The van der Waals surface area contributed by atoms with Crippen LogP contribution in [-0.2, 0) is 9.53 Å². The lowest BCUT2D eigenvalue weighted by atomic mass is 9.95. The molecular weight excluding hydrogens is 468 g/mol. The van der Waals surface area contributed by atoms with E-state index in [-0.39, 0.29) is 12.4 Å². The molecule has 0 saturated heterocycles. The number of carbonyl (C=O) groups excluding carboxylic acids is 1. The number of thiazole rings is 1. The second-order valence-corrected chi connectivity index (χ2v) is 9.08. The van der Waals surface area contributed by atoms with Crippen LogP contribution in [0.1, 0.15) is 37.4 Å². The summed E-state index contributed by atoms with van der Waals surface area (Å²) >= 11 is 1.27. The summed E-state index contributed by atoms with van der Waals surface area (Å²) in [5.74, 6) is 1.38. The Bertz CT molecular complexity index is 1520. The van der Waals surface area contributed by atoms with Crippen molar-refractivity contribution in [2.45, 2.75) is 26.3 Å². The number of allylic oxidation sites excluding steroid dienone is 1. The van der Waals surface area contributed by atoms with Gasteiger partial charge >= 0.3 is 5.97 Å². The van der Waals surface area contributed by atoms with Crippen LogP contribution in [0.3, 0.4) is 0 Å². The van der Waals surface area contributed by atoms with E-state index in [0.717, 1.165) is 12.0 Å². The number of para-hydroxylation sites is 1. The number of carbonyl (C=O) groups is 1. The molecule has 0 unspecified atom stereocenters. The van der Waals surface area contributed by atoms with Gasteiger partial charge in [0.05, 0.1) is 29.5 Å². The number of esters is 1. The number of rotatable bonds is 6. The van der Waals surface area contributed by atoms with E-state index in [1.807, 2.05) is 49.4 Å². The summed E-state index contributed by atoms with van der Waals surface area (Å²) in [4.78, 5) is 31.7. The maximum Gasteiger partial charge on any atom is 0.338 e. The number of hydrogen-bond donors (Lipinski definition) is 0. The van der Waals surface area contributed by atoms with Crippen molar-refractivity contribution in [1.29, 1.82) is 0 Å². The van der Waals surface area contributed by atoms with Crippen LogP contribution in [-0.4, -0.2) is 31.0 Å². The molecule has 35 heavy (non-hydrogen) atoms. The van der Waals surface area contributed by atoms with Gasteiger partial charge in [-0.15, -0.1) is 0 Å². The van der Waals surface area contributed by atoms with Gasteiger partial charge in [-0.05, 0) is 43.2 Å². The predicted octanol–water partition coefficient (Wildman–Crippen LogP) is 2.93. The third-order valence-electron chi connectivity index (χ3n) is 5.80. The minimum atomic E-state index is -0.731. The second-order valence-electron chi connectivity index (χ2n) is 8.07. The number of nitrogens with zero attached hydrogens (tertiary/aromatic N) is 2. The first-order chi connectivity index (χ1) is 17.0. The Hall–Kier alpha value is -3.85. The number of benzene rings is 2. The molecule has 0 N–H and O–H groups in total. The van der Waals surface area contributed by atoms with Gasteiger partial charge in [0, 0.05) is 5.56 Å². The fourth-order valence-corrected chi connectivity index (χ4v) is 5.24. The van der Waals surface area contributed by atoms with Crippen LogP contribution in [0.5, 0.6) is 17.2 Å². The Morgan fingerprint density at radius 3 is 2.83 bits per heavy atom. The predicted molar refractivity (Wildman–Crippen MR) is 131 cm³/mol. The summed E-state index contributed by atoms with van der Waals surface area (Å²) in [5.41, 5.74) is 2.05. The van der Waals surface area contributed by atoms with Gasteiger partial charge in [-0.1, -0.05) is 42.5 Å². The fraction of sp³-hybridized carbons (Fsp3) is 0.269. The first kappa shape index (κ1) is 22.9. The summed E-state index contributed by atoms with van der Waals surface area (Å²) in [6.45, 7) is 4.46. The highest BCUT2D eigenvalue weighted by molar-refractivity contribution is 7.07. The van der Waals surface area contributed by atoms with Crippen molar-refractivity contribution >= 4 is 23.4 Å². The first-order valence-electron chi connectivity index (χ1n) is 11.2. The Morgan fingerprint density at radius 1 is 1.23 bits per heavy atom. The lowest BCUT2D eigenvalue weighted by Crippen LogP contribution is -2.40. The van der Waals surface area contributed by atoms with Crippen molar-refractivity contribution in [3.05, 3.63) is 84.5 Å². The molecule has 180 valence electrons. The van der Waals surface area contributed by atoms with Crippen molar-refractivity contribution in [1.82, 2.24) is 4.57 Å². The SMILES string of the molecule is CCCOc1ccccc1[C@@H]1C(C(=O)OC)=C(C)N=c2s/c(=C\c3ccc4c(c3)OCO4)c(=O)n21. The van der Waals surface area contributed by atoms with Gasteiger partial charge in [0.15, 0.2) is 16.3 Å². The van der Waals surface area contributed by atoms with E-state index >= 15 is 0 Å². The zero-order valence-corrected chi connectivity index (χ0v) is 20.4. The van der Waals surface area contributed by atoms with Crippen LogP contribution in [0.25, 0.3) is 6.08 Å². The molecule has 0 fully saturated rings. The van der Waals surface area contributed by atoms with Gasteiger partial charge in [0.2, 0.25) is 6.79 Å². The van der Waals surface area contributed by atoms with Crippen molar-refractivity contribution in [3.8, 4) is 17.2 Å². The van der Waals surface area contributed by atoms with Crippen LogP contribution in [0.15, 0.2) is 63.5 Å². The molecule has 3 aromatic rings. The highest BCUT2D eigenvalue weighted by atomic mass is 32.1. The molecule has 1 atom stereocenters. The molecule has 5 rings (SSSR count).